The topological polar surface area (TPSA) is 78.4 Å². The molecular weight excluding hydrogens is 328 g/mol. The third-order valence-electron chi connectivity index (χ3n) is 4.89. The fourth-order valence-electron chi connectivity index (χ4n) is 3.13. The molecule has 1 aliphatic carbocycles. The van der Waals surface area contributed by atoms with Crippen LogP contribution in [0.2, 0.25) is 0 Å². The molecular formula is C20H34N4O2. The van der Waals surface area contributed by atoms with Crippen LogP contribution in [0.3, 0.4) is 0 Å². The van der Waals surface area contributed by atoms with Gasteiger partial charge in [0.25, 0.3) is 0 Å². The Morgan fingerprint density at radius 2 is 1.81 bits per heavy atom. The van der Waals surface area contributed by atoms with Crippen molar-refractivity contribution in [1.29, 1.82) is 0 Å². The van der Waals surface area contributed by atoms with Crippen molar-refractivity contribution >= 4 is 11.8 Å². The quantitative estimate of drug-likeness (QED) is 0.807. The lowest BCUT2D eigenvalue weighted by atomic mass is 9.85. The Kier molecular flexibility index (Phi) is 5.95. The maximum Gasteiger partial charge on any atom is 0.317 e. The average molecular weight is 363 g/mol. The number of likely N-dealkylation sites (N-methyl/N-ethyl adjacent to an activating group) is 1. The van der Waals surface area contributed by atoms with Crippen molar-refractivity contribution in [1.82, 2.24) is 14.9 Å². The van der Waals surface area contributed by atoms with Crippen LogP contribution >= 0.6 is 0 Å². The standard InChI is InChI=1S/C20H34N4O2/c1-8-24(12-17(25)26)14-9-13(10-14)21-16-11-15(19(2,3)4)22-18(23-16)20(5,6)7/h11,13-14H,8-10,12H2,1-7H3,(H,25,26)(H,21,22,23). The van der Waals surface area contributed by atoms with E-state index < -0.39 is 5.97 Å². The Bertz CT molecular complexity index is 608. The van der Waals surface area contributed by atoms with E-state index in [-0.39, 0.29) is 17.4 Å². The van der Waals surface area contributed by atoms with Crippen LogP contribution in [0.5, 0.6) is 0 Å². The fourth-order valence-corrected chi connectivity index (χ4v) is 3.13. The van der Waals surface area contributed by atoms with Gasteiger partial charge in [-0.2, -0.15) is 0 Å². The number of carboxylic acid groups (broad SMARTS) is 1. The van der Waals surface area contributed by atoms with Crippen molar-refractivity contribution in [2.24, 2.45) is 0 Å². The predicted molar refractivity (Wildman–Crippen MR) is 105 cm³/mol. The molecule has 0 atom stereocenters. The molecule has 26 heavy (non-hydrogen) atoms. The highest BCUT2D eigenvalue weighted by Crippen LogP contribution is 2.31. The van der Waals surface area contributed by atoms with Crippen LogP contribution in [0.25, 0.3) is 0 Å². The summed E-state index contributed by atoms with van der Waals surface area (Å²) in [6.45, 7) is 15.8. The molecule has 1 aromatic heterocycles. The number of aromatic nitrogens is 2. The molecule has 2 N–H and O–H groups in total. The minimum atomic E-state index is -0.760. The van der Waals surface area contributed by atoms with E-state index in [4.69, 9.17) is 15.1 Å². The molecule has 146 valence electrons. The molecule has 0 amide bonds. The van der Waals surface area contributed by atoms with E-state index in [0.717, 1.165) is 36.7 Å². The number of hydrogen-bond donors (Lipinski definition) is 2. The summed E-state index contributed by atoms with van der Waals surface area (Å²) in [6.07, 6.45) is 1.89. The average Bonchev–Trinajstić information content (AvgIpc) is 2.46. The second-order valence-corrected chi connectivity index (χ2v) is 9.39. The van der Waals surface area contributed by atoms with Crippen molar-refractivity contribution < 1.29 is 9.90 Å². The highest BCUT2D eigenvalue weighted by Gasteiger charge is 2.34. The van der Waals surface area contributed by atoms with Crippen LogP contribution in [-0.4, -0.2) is 51.1 Å². The third-order valence-corrected chi connectivity index (χ3v) is 4.89. The van der Waals surface area contributed by atoms with Gasteiger partial charge in [0.2, 0.25) is 0 Å². The molecule has 0 aliphatic heterocycles. The minimum Gasteiger partial charge on any atom is -0.480 e. The van der Waals surface area contributed by atoms with Crippen molar-refractivity contribution in [2.75, 3.05) is 18.4 Å². The zero-order valence-corrected chi connectivity index (χ0v) is 17.3. The number of carbonyl (C=O) groups is 1. The van der Waals surface area contributed by atoms with Gasteiger partial charge in [0.15, 0.2) is 0 Å². The van der Waals surface area contributed by atoms with Crippen LogP contribution in [-0.2, 0) is 15.6 Å². The summed E-state index contributed by atoms with van der Waals surface area (Å²) < 4.78 is 0. The van der Waals surface area contributed by atoms with E-state index in [1.807, 2.05) is 11.8 Å². The van der Waals surface area contributed by atoms with Gasteiger partial charge in [-0.25, -0.2) is 9.97 Å². The Morgan fingerprint density at radius 3 is 2.27 bits per heavy atom. The summed E-state index contributed by atoms with van der Waals surface area (Å²) in [5.74, 6) is 0.965. The first-order chi connectivity index (χ1) is 11.9. The second kappa shape index (κ2) is 7.51. The van der Waals surface area contributed by atoms with E-state index in [2.05, 4.69) is 52.9 Å². The van der Waals surface area contributed by atoms with Gasteiger partial charge in [0.05, 0.1) is 12.2 Å². The Balaban J connectivity index is 2.10. The van der Waals surface area contributed by atoms with Crippen LogP contribution < -0.4 is 5.32 Å². The highest BCUT2D eigenvalue weighted by atomic mass is 16.4. The molecule has 1 fully saturated rings. The Hall–Kier alpha value is -1.69. The predicted octanol–water partition coefficient (Wildman–Crippen LogP) is 3.42. The van der Waals surface area contributed by atoms with E-state index in [1.54, 1.807) is 0 Å². The lowest BCUT2D eigenvalue weighted by molar-refractivity contribution is -0.139. The Labute approximate surface area is 157 Å². The Morgan fingerprint density at radius 1 is 1.19 bits per heavy atom. The van der Waals surface area contributed by atoms with Crippen LogP contribution in [0.4, 0.5) is 5.82 Å². The smallest absolute Gasteiger partial charge is 0.317 e. The van der Waals surface area contributed by atoms with Gasteiger partial charge in [-0.15, -0.1) is 0 Å². The van der Waals surface area contributed by atoms with Crippen LogP contribution in [0, 0.1) is 0 Å². The van der Waals surface area contributed by atoms with Crippen molar-refractivity contribution in [2.45, 2.75) is 84.2 Å². The molecule has 1 saturated carbocycles. The molecule has 0 saturated heterocycles. The summed E-state index contributed by atoms with van der Waals surface area (Å²) in [7, 11) is 0. The summed E-state index contributed by atoms with van der Waals surface area (Å²) in [5.41, 5.74) is 0.888. The second-order valence-electron chi connectivity index (χ2n) is 9.39. The zero-order chi connectivity index (χ0) is 19.7. The summed E-state index contributed by atoms with van der Waals surface area (Å²) >= 11 is 0. The van der Waals surface area contributed by atoms with E-state index in [1.165, 1.54) is 0 Å². The number of nitrogens with one attached hydrogen (secondary N) is 1. The number of rotatable bonds is 6. The molecule has 1 aliphatic rings. The van der Waals surface area contributed by atoms with E-state index in [0.29, 0.717) is 12.1 Å². The number of aliphatic carboxylic acids is 1. The molecule has 1 heterocycles. The van der Waals surface area contributed by atoms with Gasteiger partial charge < -0.3 is 10.4 Å². The van der Waals surface area contributed by atoms with Gasteiger partial charge in [-0.05, 0) is 19.4 Å². The number of carboxylic acids is 1. The maximum atomic E-state index is 11.0. The van der Waals surface area contributed by atoms with Crippen molar-refractivity contribution in [3.8, 4) is 0 Å². The first kappa shape index (κ1) is 20.6. The van der Waals surface area contributed by atoms with E-state index >= 15 is 0 Å². The first-order valence-corrected chi connectivity index (χ1v) is 9.52. The summed E-state index contributed by atoms with van der Waals surface area (Å²) in [6, 6.07) is 2.72. The fraction of sp³-hybridized carbons (Fsp3) is 0.750. The normalized spacial score (nSPS) is 20.8. The lowest BCUT2D eigenvalue weighted by Gasteiger charge is -2.42. The van der Waals surface area contributed by atoms with Gasteiger partial charge in [-0.1, -0.05) is 48.5 Å². The van der Waals surface area contributed by atoms with Gasteiger partial charge in [0, 0.05) is 29.0 Å². The molecule has 6 nitrogen and oxygen atoms in total. The molecule has 1 aromatic rings. The first-order valence-electron chi connectivity index (χ1n) is 9.52. The molecule has 6 heteroatoms. The minimum absolute atomic E-state index is 0.0397. The third kappa shape index (κ3) is 5.16. The molecule has 2 rings (SSSR count). The SMILES string of the molecule is CCN(CC(=O)O)C1CC(Nc2cc(C(C)(C)C)nc(C(C)(C)C)n2)C1. The lowest BCUT2D eigenvalue weighted by Crippen LogP contribution is -2.51. The summed E-state index contributed by atoms with van der Waals surface area (Å²) in [5, 5.41) is 12.6. The highest BCUT2D eigenvalue weighted by molar-refractivity contribution is 5.69. The van der Waals surface area contributed by atoms with Gasteiger partial charge in [0.1, 0.15) is 11.6 Å². The molecule has 0 aromatic carbocycles. The van der Waals surface area contributed by atoms with Crippen LogP contribution in [0.15, 0.2) is 6.07 Å². The largest absolute Gasteiger partial charge is 0.480 e. The van der Waals surface area contributed by atoms with E-state index in [9.17, 15) is 4.79 Å². The maximum absolute atomic E-state index is 11.0. The van der Waals surface area contributed by atoms with Gasteiger partial charge in [-0.3, -0.25) is 9.69 Å². The molecule has 0 spiro atoms. The molecule has 0 bridgehead atoms. The number of hydrogen-bond acceptors (Lipinski definition) is 5. The van der Waals surface area contributed by atoms with Crippen molar-refractivity contribution in [3.63, 3.8) is 0 Å². The monoisotopic (exact) mass is 362 g/mol. The zero-order valence-electron chi connectivity index (χ0n) is 17.3. The summed E-state index contributed by atoms with van der Waals surface area (Å²) in [4.78, 5) is 22.5. The van der Waals surface area contributed by atoms with Crippen molar-refractivity contribution in [3.05, 3.63) is 17.6 Å². The van der Waals surface area contributed by atoms with Gasteiger partial charge >= 0.3 is 5.97 Å². The molecule has 0 radical (unpaired) electrons. The van der Waals surface area contributed by atoms with Crippen LogP contribution in [0.1, 0.15) is 72.8 Å². The molecule has 0 unspecified atom stereocenters. The number of nitrogens with zero attached hydrogens (tertiary/aromatic N) is 3. The number of anilines is 1.